The van der Waals surface area contributed by atoms with Crippen LogP contribution in [0, 0.1) is 17.3 Å². The molecule has 1 aliphatic rings. The van der Waals surface area contributed by atoms with Gasteiger partial charge in [-0.1, -0.05) is 13.8 Å². The summed E-state index contributed by atoms with van der Waals surface area (Å²) in [6.07, 6.45) is 1.10. The Morgan fingerprint density at radius 2 is 2.08 bits per heavy atom. The van der Waals surface area contributed by atoms with Crippen LogP contribution >= 0.6 is 0 Å². The molecule has 3 nitrogen and oxygen atoms in total. The van der Waals surface area contributed by atoms with Gasteiger partial charge in [0.15, 0.2) is 0 Å². The molecular weight excluding hydrogens is 156 g/mol. The van der Waals surface area contributed by atoms with Gasteiger partial charge in [-0.2, -0.15) is 0 Å². The Morgan fingerprint density at radius 1 is 1.50 bits per heavy atom. The molecule has 0 unspecified atom stereocenters. The molecule has 0 aromatic rings. The summed E-state index contributed by atoms with van der Waals surface area (Å²) < 4.78 is 0. The van der Waals surface area contributed by atoms with Crippen molar-refractivity contribution < 1.29 is 15.0 Å². The van der Waals surface area contributed by atoms with Gasteiger partial charge in [-0.25, -0.2) is 0 Å². The molecule has 2 N–H and O–H groups in total. The summed E-state index contributed by atoms with van der Waals surface area (Å²) in [7, 11) is 0. The van der Waals surface area contributed by atoms with Gasteiger partial charge in [-0.15, -0.1) is 0 Å². The van der Waals surface area contributed by atoms with Crippen molar-refractivity contribution >= 4 is 5.97 Å². The first-order valence-electron chi connectivity index (χ1n) is 4.31. The Labute approximate surface area is 72.4 Å². The fourth-order valence-corrected chi connectivity index (χ4v) is 1.99. The molecule has 0 radical (unpaired) electrons. The molecule has 12 heavy (non-hydrogen) atoms. The molecule has 1 aliphatic carbocycles. The van der Waals surface area contributed by atoms with Gasteiger partial charge in [0.25, 0.3) is 0 Å². The van der Waals surface area contributed by atoms with Crippen molar-refractivity contribution in [2.24, 2.45) is 17.3 Å². The lowest BCUT2D eigenvalue weighted by Gasteiger charge is -2.51. The SMILES string of the molecule is CC1(C)[C@H](CC(=O)O)C[C@@H]1CO. The zero-order valence-electron chi connectivity index (χ0n) is 7.58. The monoisotopic (exact) mass is 172 g/mol. The number of aliphatic hydroxyl groups is 1. The van der Waals surface area contributed by atoms with E-state index in [1.165, 1.54) is 0 Å². The first kappa shape index (κ1) is 9.52. The number of hydrogen-bond donors (Lipinski definition) is 2. The summed E-state index contributed by atoms with van der Waals surface area (Å²) in [5, 5.41) is 17.5. The Hall–Kier alpha value is -0.570. The van der Waals surface area contributed by atoms with E-state index < -0.39 is 5.97 Å². The van der Waals surface area contributed by atoms with E-state index in [0.29, 0.717) is 5.92 Å². The van der Waals surface area contributed by atoms with E-state index in [2.05, 4.69) is 0 Å². The van der Waals surface area contributed by atoms with E-state index in [1.807, 2.05) is 13.8 Å². The summed E-state index contributed by atoms with van der Waals surface area (Å²) in [5.41, 5.74) is 0.00708. The summed E-state index contributed by atoms with van der Waals surface area (Å²) >= 11 is 0. The Bertz CT molecular complexity index is 186. The lowest BCUT2D eigenvalue weighted by atomic mass is 9.54. The highest BCUT2D eigenvalue weighted by molar-refractivity contribution is 5.67. The molecule has 1 rings (SSSR count). The highest BCUT2D eigenvalue weighted by Crippen LogP contribution is 2.52. The molecule has 0 aromatic carbocycles. The summed E-state index contributed by atoms with van der Waals surface area (Å²) in [4.78, 5) is 10.4. The van der Waals surface area contributed by atoms with E-state index in [-0.39, 0.29) is 24.4 Å². The highest BCUT2D eigenvalue weighted by atomic mass is 16.4. The molecule has 3 heteroatoms. The summed E-state index contributed by atoms with van der Waals surface area (Å²) in [6, 6.07) is 0. The van der Waals surface area contributed by atoms with Gasteiger partial charge in [-0.3, -0.25) is 4.79 Å². The van der Waals surface area contributed by atoms with E-state index in [0.717, 1.165) is 6.42 Å². The average molecular weight is 172 g/mol. The summed E-state index contributed by atoms with van der Waals surface area (Å²) in [5.74, 6) is -0.196. The number of aliphatic hydroxyl groups excluding tert-OH is 1. The molecule has 0 bridgehead atoms. The zero-order valence-corrected chi connectivity index (χ0v) is 7.58. The van der Waals surface area contributed by atoms with Crippen molar-refractivity contribution in [3.05, 3.63) is 0 Å². The minimum absolute atomic E-state index is 0.00708. The molecule has 2 atom stereocenters. The second-order valence-corrected chi connectivity index (χ2v) is 4.23. The fraction of sp³-hybridized carbons (Fsp3) is 0.889. The predicted molar refractivity (Wildman–Crippen MR) is 44.7 cm³/mol. The van der Waals surface area contributed by atoms with E-state index in [1.54, 1.807) is 0 Å². The first-order valence-corrected chi connectivity index (χ1v) is 4.31. The largest absolute Gasteiger partial charge is 0.481 e. The normalized spacial score (nSPS) is 32.6. The van der Waals surface area contributed by atoms with Gasteiger partial charge in [0, 0.05) is 13.0 Å². The fourth-order valence-electron chi connectivity index (χ4n) is 1.99. The number of hydrogen-bond acceptors (Lipinski definition) is 2. The maximum absolute atomic E-state index is 10.4. The molecule has 0 amide bonds. The van der Waals surface area contributed by atoms with E-state index in [9.17, 15) is 4.79 Å². The first-order chi connectivity index (χ1) is 5.48. The molecule has 0 spiro atoms. The molecule has 0 aromatic heterocycles. The number of carbonyl (C=O) groups is 1. The van der Waals surface area contributed by atoms with Crippen LogP contribution in [0.3, 0.4) is 0 Å². The van der Waals surface area contributed by atoms with Crippen LogP contribution < -0.4 is 0 Å². The smallest absolute Gasteiger partial charge is 0.303 e. The lowest BCUT2D eigenvalue weighted by molar-refractivity contribution is -0.144. The van der Waals surface area contributed by atoms with Crippen molar-refractivity contribution in [2.45, 2.75) is 26.7 Å². The van der Waals surface area contributed by atoms with Crippen LogP contribution in [0.4, 0.5) is 0 Å². The molecule has 0 heterocycles. The third-order valence-electron chi connectivity index (χ3n) is 3.31. The van der Waals surface area contributed by atoms with Crippen molar-refractivity contribution in [1.29, 1.82) is 0 Å². The Morgan fingerprint density at radius 3 is 2.42 bits per heavy atom. The Balaban J connectivity index is 2.47. The number of carboxylic acids is 1. The minimum atomic E-state index is -0.732. The topological polar surface area (TPSA) is 57.5 Å². The second-order valence-electron chi connectivity index (χ2n) is 4.23. The Kier molecular flexibility index (Phi) is 2.42. The van der Waals surface area contributed by atoms with Crippen LogP contribution in [-0.4, -0.2) is 22.8 Å². The van der Waals surface area contributed by atoms with Crippen molar-refractivity contribution in [3.8, 4) is 0 Å². The molecular formula is C9H16O3. The molecule has 70 valence electrons. The second kappa shape index (κ2) is 3.05. The lowest BCUT2D eigenvalue weighted by Crippen LogP contribution is -2.47. The molecule has 0 saturated heterocycles. The van der Waals surface area contributed by atoms with E-state index >= 15 is 0 Å². The number of rotatable bonds is 3. The van der Waals surface area contributed by atoms with Gasteiger partial charge in [-0.05, 0) is 23.7 Å². The van der Waals surface area contributed by atoms with Crippen LogP contribution in [0.2, 0.25) is 0 Å². The molecule has 1 fully saturated rings. The van der Waals surface area contributed by atoms with Gasteiger partial charge >= 0.3 is 5.97 Å². The minimum Gasteiger partial charge on any atom is -0.481 e. The highest BCUT2D eigenvalue weighted by Gasteiger charge is 2.47. The zero-order chi connectivity index (χ0) is 9.35. The summed E-state index contributed by atoms with van der Waals surface area (Å²) in [6.45, 7) is 4.25. The van der Waals surface area contributed by atoms with Crippen molar-refractivity contribution in [2.75, 3.05) is 6.61 Å². The standard InChI is InChI=1S/C9H16O3/c1-9(2)6(4-8(11)12)3-7(9)5-10/h6-7,10H,3-5H2,1-2H3,(H,11,12)/t6-,7+/m0/s1. The van der Waals surface area contributed by atoms with Crippen LogP contribution in [0.5, 0.6) is 0 Å². The third kappa shape index (κ3) is 1.46. The van der Waals surface area contributed by atoms with Gasteiger partial charge < -0.3 is 10.2 Å². The van der Waals surface area contributed by atoms with Gasteiger partial charge in [0.05, 0.1) is 0 Å². The van der Waals surface area contributed by atoms with Gasteiger partial charge in [0.2, 0.25) is 0 Å². The maximum Gasteiger partial charge on any atom is 0.303 e. The van der Waals surface area contributed by atoms with Crippen LogP contribution in [-0.2, 0) is 4.79 Å². The number of carboxylic acid groups (broad SMARTS) is 1. The predicted octanol–water partition coefficient (Wildman–Crippen LogP) is 1.12. The maximum atomic E-state index is 10.4. The average Bonchev–Trinajstić information content (AvgIpc) is 1.96. The quantitative estimate of drug-likeness (QED) is 0.670. The van der Waals surface area contributed by atoms with Gasteiger partial charge in [0.1, 0.15) is 0 Å². The third-order valence-corrected chi connectivity index (χ3v) is 3.31. The van der Waals surface area contributed by atoms with Crippen LogP contribution in [0.25, 0.3) is 0 Å². The number of aliphatic carboxylic acids is 1. The van der Waals surface area contributed by atoms with E-state index in [4.69, 9.17) is 10.2 Å². The molecule has 0 aliphatic heterocycles. The van der Waals surface area contributed by atoms with Crippen LogP contribution in [0.1, 0.15) is 26.7 Å². The molecule has 1 saturated carbocycles. The van der Waals surface area contributed by atoms with Crippen molar-refractivity contribution in [1.82, 2.24) is 0 Å². The van der Waals surface area contributed by atoms with Crippen LogP contribution in [0.15, 0.2) is 0 Å². The van der Waals surface area contributed by atoms with Crippen molar-refractivity contribution in [3.63, 3.8) is 0 Å².